The zero-order chi connectivity index (χ0) is 31.6. The summed E-state index contributed by atoms with van der Waals surface area (Å²) in [6, 6.07) is 15.9. The van der Waals surface area contributed by atoms with Crippen molar-refractivity contribution in [1.82, 2.24) is 4.90 Å². The lowest BCUT2D eigenvalue weighted by molar-refractivity contribution is -0.109. The van der Waals surface area contributed by atoms with E-state index in [0.717, 1.165) is 61.3 Å². The van der Waals surface area contributed by atoms with Crippen LogP contribution in [-0.4, -0.2) is 46.7 Å². The Bertz CT molecular complexity index is 1490. The fourth-order valence-corrected chi connectivity index (χ4v) is 10.3. The first-order chi connectivity index (χ1) is 21.5. The van der Waals surface area contributed by atoms with Crippen molar-refractivity contribution in [2.75, 3.05) is 13.1 Å². The van der Waals surface area contributed by atoms with Gasteiger partial charge in [0.1, 0.15) is 5.60 Å². The van der Waals surface area contributed by atoms with Gasteiger partial charge in [-0.05, 0) is 117 Å². The maximum Gasteiger partial charge on any atom is 0.410 e. The summed E-state index contributed by atoms with van der Waals surface area (Å²) < 4.78 is 6.62. The molecular weight excluding hydrogens is 558 g/mol. The zero-order valence-corrected chi connectivity index (χ0v) is 27.7. The summed E-state index contributed by atoms with van der Waals surface area (Å²) >= 11 is 0. The predicted octanol–water partition coefficient (Wildman–Crippen LogP) is 8.49. The van der Waals surface area contributed by atoms with Gasteiger partial charge < -0.3 is 14.7 Å². The molecule has 5 fully saturated rings. The van der Waals surface area contributed by atoms with Crippen LogP contribution < -0.4 is 0 Å². The van der Waals surface area contributed by atoms with Crippen molar-refractivity contribution in [2.45, 2.75) is 110 Å². The van der Waals surface area contributed by atoms with Gasteiger partial charge in [0.15, 0.2) is 5.78 Å². The van der Waals surface area contributed by atoms with Crippen molar-refractivity contribution >= 4 is 11.9 Å². The van der Waals surface area contributed by atoms with E-state index in [1.165, 1.54) is 24.8 Å². The number of carbonyl (C=O) groups is 2. The molecule has 1 aliphatic heterocycles. The van der Waals surface area contributed by atoms with Gasteiger partial charge in [-0.3, -0.25) is 4.79 Å². The van der Waals surface area contributed by atoms with Crippen molar-refractivity contribution in [1.29, 1.82) is 0 Å². The summed E-state index contributed by atoms with van der Waals surface area (Å²) in [6.45, 7) is 10.8. The van der Waals surface area contributed by atoms with Gasteiger partial charge in [0.2, 0.25) is 0 Å². The van der Waals surface area contributed by atoms with Crippen LogP contribution in [0.25, 0.3) is 0 Å². The lowest BCUT2D eigenvalue weighted by atomic mass is 9.45. The highest BCUT2D eigenvalue weighted by atomic mass is 16.6. The maximum atomic E-state index is 14.2. The van der Waals surface area contributed by atoms with E-state index in [4.69, 9.17) is 4.74 Å². The number of aliphatic hydroxyl groups excluding tert-OH is 1. The van der Waals surface area contributed by atoms with Crippen molar-refractivity contribution in [2.24, 2.45) is 28.6 Å². The van der Waals surface area contributed by atoms with Gasteiger partial charge >= 0.3 is 6.09 Å². The minimum Gasteiger partial charge on any atom is -0.440 e. The number of fused-ring (bicyclic) bond motifs is 10. The fraction of sp³-hybridized carbons (Fsp3) is 0.600. The molecule has 0 aromatic heterocycles. The molecule has 7 aliphatic rings. The smallest absolute Gasteiger partial charge is 0.410 e. The number of rotatable bonds is 4. The zero-order valence-electron chi connectivity index (χ0n) is 27.7. The van der Waals surface area contributed by atoms with Crippen LogP contribution in [-0.2, 0) is 11.2 Å². The molecule has 240 valence electrons. The topological polar surface area (TPSA) is 66.8 Å². The van der Waals surface area contributed by atoms with Crippen molar-refractivity contribution in [3.63, 3.8) is 0 Å². The Labute approximate surface area is 269 Å². The number of amides is 1. The number of hydrogen-bond donors (Lipinski definition) is 1. The van der Waals surface area contributed by atoms with Crippen molar-refractivity contribution in [3.05, 3.63) is 82.4 Å². The van der Waals surface area contributed by atoms with Crippen LogP contribution in [0.2, 0.25) is 0 Å². The summed E-state index contributed by atoms with van der Waals surface area (Å²) in [4.78, 5) is 30.0. The minimum atomic E-state index is -0.582. The molecule has 2 aromatic rings. The van der Waals surface area contributed by atoms with Gasteiger partial charge in [-0.25, -0.2) is 4.79 Å². The number of hydrogen-bond acceptors (Lipinski definition) is 4. The third kappa shape index (κ3) is 5.18. The summed E-state index contributed by atoms with van der Waals surface area (Å²) in [5, 5.41) is 10.9. The first kappa shape index (κ1) is 30.7. The standard InChI is InChI=1S/C40H51NO4/c1-26-9-8-19-39(4)34(18-20-40(39)25-41(37(44)45-40)24-29-14-15-30-23-35(29)38(30,2)3)32-17-13-27(21-31(42)16-12-26)22-33(32)36(43)28-10-6-5-7-11-28/h5-7,9-11,13,17,22,29-31,34-35,42H,8,12,14-16,18-21,23-25H2,1-4H3. The van der Waals surface area contributed by atoms with Gasteiger partial charge in [0.25, 0.3) is 0 Å². The van der Waals surface area contributed by atoms with E-state index in [0.29, 0.717) is 42.2 Å². The molecule has 7 atom stereocenters. The van der Waals surface area contributed by atoms with Crippen LogP contribution >= 0.6 is 0 Å². The second-order valence-electron chi connectivity index (χ2n) is 16.1. The number of nitrogens with zero attached hydrogens (tertiary/aromatic N) is 1. The molecule has 4 bridgehead atoms. The molecule has 1 spiro atoms. The average Bonchev–Trinajstić information content (AvgIpc) is 3.49. The minimum absolute atomic E-state index is 0.0248. The summed E-state index contributed by atoms with van der Waals surface area (Å²) in [5.41, 5.74) is 4.23. The van der Waals surface area contributed by atoms with E-state index in [9.17, 15) is 14.7 Å². The van der Waals surface area contributed by atoms with Gasteiger partial charge in [-0.2, -0.15) is 0 Å². The highest BCUT2D eigenvalue weighted by Gasteiger charge is 2.64. The third-order valence-electron chi connectivity index (χ3n) is 13.4. The Kier molecular flexibility index (Phi) is 7.78. The SMILES string of the molecule is CC1=CCCC2(C)C(CCC23CN(CC2CCC4CC2C4(C)C)C(=O)O3)c2ccc(cc2C(=O)c2ccccc2)CC(O)CC1. The number of carbonyl (C=O) groups excluding carboxylic acids is 2. The summed E-state index contributed by atoms with van der Waals surface area (Å²) in [5.74, 6) is 2.18. The number of ketones is 1. The van der Waals surface area contributed by atoms with Gasteiger partial charge in [0, 0.05) is 23.1 Å². The molecule has 1 heterocycles. The Morgan fingerprint density at radius 1 is 1.02 bits per heavy atom. The molecule has 1 amide bonds. The predicted molar refractivity (Wildman–Crippen MR) is 177 cm³/mol. The quantitative estimate of drug-likeness (QED) is 0.279. The number of ether oxygens (including phenoxy) is 1. The largest absolute Gasteiger partial charge is 0.440 e. The van der Waals surface area contributed by atoms with Crippen LogP contribution in [0.3, 0.4) is 0 Å². The molecule has 9 rings (SSSR count). The second kappa shape index (κ2) is 11.4. The highest BCUT2D eigenvalue weighted by molar-refractivity contribution is 6.10. The normalized spacial score (nSPS) is 35.8. The van der Waals surface area contributed by atoms with Gasteiger partial charge in [-0.15, -0.1) is 0 Å². The molecule has 1 N–H and O–H groups in total. The molecular formula is C40H51NO4. The number of allylic oxidation sites excluding steroid dienone is 2. The van der Waals surface area contributed by atoms with E-state index < -0.39 is 11.7 Å². The van der Waals surface area contributed by atoms with E-state index in [2.05, 4.69) is 50.8 Å². The van der Waals surface area contributed by atoms with Gasteiger partial charge in [0.05, 0.1) is 12.6 Å². The highest BCUT2D eigenvalue weighted by Crippen LogP contribution is 2.64. The van der Waals surface area contributed by atoms with E-state index in [1.807, 2.05) is 36.4 Å². The molecule has 0 radical (unpaired) electrons. The van der Waals surface area contributed by atoms with Crippen LogP contribution in [0.1, 0.15) is 118 Å². The Morgan fingerprint density at radius 2 is 1.82 bits per heavy atom. The Hall–Kier alpha value is -2.92. The molecule has 2 aromatic carbocycles. The lowest BCUT2D eigenvalue weighted by Crippen LogP contribution is -2.55. The van der Waals surface area contributed by atoms with Crippen molar-refractivity contribution in [3.8, 4) is 0 Å². The Morgan fingerprint density at radius 3 is 2.58 bits per heavy atom. The molecule has 45 heavy (non-hydrogen) atoms. The fourth-order valence-electron chi connectivity index (χ4n) is 10.3. The lowest BCUT2D eigenvalue weighted by Gasteiger charge is -2.60. The van der Waals surface area contributed by atoms with Gasteiger partial charge in [-0.1, -0.05) is 74.9 Å². The Balaban J connectivity index is 1.25. The monoisotopic (exact) mass is 609 g/mol. The van der Waals surface area contributed by atoms with Crippen LogP contribution in [0.5, 0.6) is 0 Å². The molecule has 4 saturated carbocycles. The molecule has 5 nitrogen and oxygen atoms in total. The molecule has 7 unspecified atom stereocenters. The number of benzene rings is 2. The average molecular weight is 610 g/mol. The van der Waals surface area contributed by atoms with Crippen LogP contribution in [0.15, 0.2) is 60.2 Å². The molecule has 6 aliphatic carbocycles. The van der Waals surface area contributed by atoms with Crippen LogP contribution in [0.4, 0.5) is 4.79 Å². The summed E-state index contributed by atoms with van der Waals surface area (Å²) in [7, 11) is 0. The van der Waals surface area contributed by atoms with Crippen LogP contribution in [0, 0.1) is 28.6 Å². The summed E-state index contributed by atoms with van der Waals surface area (Å²) in [6.07, 6.45) is 11.0. The maximum absolute atomic E-state index is 14.2. The van der Waals surface area contributed by atoms with E-state index in [-0.39, 0.29) is 23.2 Å². The number of aliphatic hydroxyl groups is 1. The van der Waals surface area contributed by atoms with Crippen molar-refractivity contribution < 1.29 is 19.4 Å². The molecule has 1 saturated heterocycles. The second-order valence-corrected chi connectivity index (χ2v) is 16.1. The molecule has 5 heteroatoms. The third-order valence-corrected chi connectivity index (χ3v) is 13.4. The van der Waals surface area contributed by atoms with E-state index in [1.54, 1.807) is 0 Å². The van der Waals surface area contributed by atoms with E-state index >= 15 is 0 Å². The first-order valence-electron chi connectivity index (χ1n) is 17.5. The first-order valence-corrected chi connectivity index (χ1v) is 17.5.